The molecule has 0 saturated carbocycles. The summed E-state index contributed by atoms with van der Waals surface area (Å²) < 4.78 is 0. The minimum atomic E-state index is 0.839. The van der Waals surface area contributed by atoms with E-state index in [2.05, 4.69) is 0 Å². The molecule has 0 aromatic rings. The maximum atomic E-state index is 5.65. The van der Waals surface area contributed by atoms with Crippen molar-refractivity contribution in [1.82, 2.24) is 0 Å². The zero-order chi connectivity index (χ0) is 14.0. The molecule has 2 heteroatoms. The molecule has 0 atom stereocenters. The highest BCUT2D eigenvalue weighted by Crippen LogP contribution is 2.13. The first kappa shape index (κ1) is 19.6. The van der Waals surface area contributed by atoms with Crippen LogP contribution in [0.3, 0.4) is 0 Å². The summed E-state index contributed by atoms with van der Waals surface area (Å²) in [5, 5.41) is 0. The van der Waals surface area contributed by atoms with Crippen molar-refractivity contribution in [2.24, 2.45) is 0 Å². The minimum absolute atomic E-state index is 0.839. The molecule has 0 aliphatic rings. The summed E-state index contributed by atoms with van der Waals surface area (Å²) >= 11 is 11.3. The van der Waals surface area contributed by atoms with Crippen LogP contribution in [0, 0.1) is 0 Å². The lowest BCUT2D eigenvalue weighted by Crippen LogP contribution is -1.84. The summed E-state index contributed by atoms with van der Waals surface area (Å²) in [4.78, 5) is 0. The summed E-state index contributed by atoms with van der Waals surface area (Å²) in [6.07, 6.45) is 20.7. The molecule has 0 aliphatic carbocycles. The standard InChI is InChI=1S/C17H34Cl2/c18-16-14-12-10-8-6-4-2-1-3-5-7-9-11-13-15-17-19/h1-17H2. The highest BCUT2D eigenvalue weighted by Gasteiger charge is 1.94. The first-order chi connectivity index (χ1) is 9.41. The maximum Gasteiger partial charge on any atom is 0.0223 e. The Morgan fingerprint density at radius 2 is 0.421 bits per heavy atom. The van der Waals surface area contributed by atoms with Gasteiger partial charge in [0.05, 0.1) is 0 Å². The smallest absolute Gasteiger partial charge is 0.0223 e. The van der Waals surface area contributed by atoms with Crippen molar-refractivity contribution in [2.45, 2.75) is 96.3 Å². The number of hydrogen-bond acceptors (Lipinski definition) is 0. The van der Waals surface area contributed by atoms with Gasteiger partial charge in [-0.3, -0.25) is 0 Å². The summed E-state index contributed by atoms with van der Waals surface area (Å²) in [5.74, 6) is 1.68. The Hall–Kier alpha value is 0.580. The van der Waals surface area contributed by atoms with E-state index < -0.39 is 0 Å². The third-order valence-electron chi connectivity index (χ3n) is 3.77. The van der Waals surface area contributed by atoms with Crippen molar-refractivity contribution < 1.29 is 0 Å². The van der Waals surface area contributed by atoms with Crippen LogP contribution in [0.1, 0.15) is 96.3 Å². The van der Waals surface area contributed by atoms with Crippen molar-refractivity contribution in [3.05, 3.63) is 0 Å². The van der Waals surface area contributed by atoms with E-state index in [1.165, 1.54) is 96.3 Å². The molecule has 0 heterocycles. The van der Waals surface area contributed by atoms with Crippen molar-refractivity contribution in [3.8, 4) is 0 Å². The Morgan fingerprint density at radius 3 is 0.579 bits per heavy atom. The molecule has 116 valence electrons. The summed E-state index contributed by atoms with van der Waals surface area (Å²) in [7, 11) is 0. The van der Waals surface area contributed by atoms with Crippen molar-refractivity contribution in [2.75, 3.05) is 11.8 Å². The average Bonchev–Trinajstić information content (AvgIpc) is 2.43. The zero-order valence-electron chi connectivity index (χ0n) is 12.8. The fraction of sp³-hybridized carbons (Fsp3) is 1.00. The average molecular weight is 309 g/mol. The molecule has 0 fully saturated rings. The minimum Gasteiger partial charge on any atom is -0.127 e. The largest absolute Gasteiger partial charge is 0.127 e. The van der Waals surface area contributed by atoms with Crippen LogP contribution in [-0.4, -0.2) is 11.8 Å². The van der Waals surface area contributed by atoms with E-state index in [1.54, 1.807) is 0 Å². The molecule has 0 rings (SSSR count). The van der Waals surface area contributed by atoms with Crippen molar-refractivity contribution in [3.63, 3.8) is 0 Å². The Kier molecular flexibility index (Phi) is 19.1. The van der Waals surface area contributed by atoms with E-state index in [0.717, 1.165) is 11.8 Å². The molecule has 0 N–H and O–H groups in total. The van der Waals surface area contributed by atoms with Crippen LogP contribution in [0.15, 0.2) is 0 Å². The van der Waals surface area contributed by atoms with Crippen LogP contribution in [-0.2, 0) is 0 Å². The molecule has 0 aromatic heterocycles. The number of halogens is 2. The lowest BCUT2D eigenvalue weighted by molar-refractivity contribution is 0.535. The van der Waals surface area contributed by atoms with Crippen LogP contribution in [0.4, 0.5) is 0 Å². The Morgan fingerprint density at radius 1 is 0.263 bits per heavy atom. The van der Waals surface area contributed by atoms with Crippen LogP contribution < -0.4 is 0 Å². The van der Waals surface area contributed by atoms with Gasteiger partial charge in [-0.15, -0.1) is 23.2 Å². The molecule has 0 amide bonds. The monoisotopic (exact) mass is 308 g/mol. The molecular weight excluding hydrogens is 275 g/mol. The van der Waals surface area contributed by atoms with Gasteiger partial charge in [0.1, 0.15) is 0 Å². The molecule has 0 aliphatic heterocycles. The molecule has 0 nitrogen and oxygen atoms in total. The Balaban J connectivity index is 2.88. The molecule has 0 spiro atoms. The predicted molar refractivity (Wildman–Crippen MR) is 90.7 cm³/mol. The van der Waals surface area contributed by atoms with E-state index in [1.807, 2.05) is 0 Å². The van der Waals surface area contributed by atoms with Gasteiger partial charge < -0.3 is 0 Å². The van der Waals surface area contributed by atoms with E-state index in [0.29, 0.717) is 0 Å². The van der Waals surface area contributed by atoms with Gasteiger partial charge in [-0.25, -0.2) is 0 Å². The van der Waals surface area contributed by atoms with Crippen LogP contribution in [0.25, 0.3) is 0 Å². The predicted octanol–water partition coefficient (Wildman–Crippen LogP) is 7.32. The highest BCUT2D eigenvalue weighted by atomic mass is 35.5. The number of alkyl halides is 2. The van der Waals surface area contributed by atoms with Gasteiger partial charge in [0.2, 0.25) is 0 Å². The quantitative estimate of drug-likeness (QED) is 0.207. The molecule has 0 unspecified atom stereocenters. The molecule has 19 heavy (non-hydrogen) atoms. The lowest BCUT2D eigenvalue weighted by atomic mass is 10.0. The molecule has 0 saturated heterocycles. The first-order valence-corrected chi connectivity index (χ1v) is 9.60. The third-order valence-corrected chi connectivity index (χ3v) is 4.30. The summed E-state index contributed by atoms with van der Waals surface area (Å²) in [5.41, 5.74) is 0. The maximum absolute atomic E-state index is 5.65. The second kappa shape index (κ2) is 18.6. The van der Waals surface area contributed by atoms with Crippen molar-refractivity contribution >= 4 is 23.2 Å². The Labute approximate surface area is 131 Å². The summed E-state index contributed by atoms with van der Waals surface area (Å²) in [6.45, 7) is 0. The lowest BCUT2D eigenvalue weighted by Gasteiger charge is -2.03. The number of rotatable bonds is 16. The zero-order valence-corrected chi connectivity index (χ0v) is 14.3. The normalized spacial score (nSPS) is 11.1. The highest BCUT2D eigenvalue weighted by molar-refractivity contribution is 6.18. The Bertz CT molecular complexity index is 132. The first-order valence-electron chi connectivity index (χ1n) is 8.53. The topological polar surface area (TPSA) is 0 Å². The van der Waals surface area contributed by atoms with Crippen LogP contribution >= 0.6 is 23.2 Å². The molecule has 0 radical (unpaired) electrons. The van der Waals surface area contributed by atoms with Crippen LogP contribution in [0.5, 0.6) is 0 Å². The van der Waals surface area contributed by atoms with E-state index in [9.17, 15) is 0 Å². The second-order valence-electron chi connectivity index (χ2n) is 5.68. The van der Waals surface area contributed by atoms with Gasteiger partial charge >= 0.3 is 0 Å². The molecule has 0 aromatic carbocycles. The van der Waals surface area contributed by atoms with Gasteiger partial charge in [0.15, 0.2) is 0 Å². The third kappa shape index (κ3) is 18.6. The van der Waals surface area contributed by atoms with Crippen LogP contribution in [0.2, 0.25) is 0 Å². The van der Waals surface area contributed by atoms with E-state index in [-0.39, 0.29) is 0 Å². The van der Waals surface area contributed by atoms with Crippen molar-refractivity contribution in [1.29, 1.82) is 0 Å². The van der Waals surface area contributed by atoms with Gasteiger partial charge in [0.25, 0.3) is 0 Å². The van der Waals surface area contributed by atoms with E-state index >= 15 is 0 Å². The van der Waals surface area contributed by atoms with E-state index in [4.69, 9.17) is 23.2 Å². The van der Waals surface area contributed by atoms with Gasteiger partial charge in [-0.05, 0) is 12.8 Å². The fourth-order valence-corrected chi connectivity index (χ4v) is 2.87. The fourth-order valence-electron chi connectivity index (χ4n) is 2.49. The SMILES string of the molecule is ClCCCCCCCCCCCCCCCCCCl. The molecular formula is C17H34Cl2. The number of unbranched alkanes of at least 4 members (excludes halogenated alkanes) is 14. The number of hydrogen-bond donors (Lipinski definition) is 0. The van der Waals surface area contributed by atoms with Gasteiger partial charge in [-0.2, -0.15) is 0 Å². The second-order valence-corrected chi connectivity index (χ2v) is 6.44. The van der Waals surface area contributed by atoms with Gasteiger partial charge in [-0.1, -0.05) is 83.5 Å². The van der Waals surface area contributed by atoms with Gasteiger partial charge in [0, 0.05) is 11.8 Å². The summed E-state index contributed by atoms with van der Waals surface area (Å²) in [6, 6.07) is 0. The molecule has 0 bridgehead atoms.